The molecule has 0 aliphatic carbocycles. The predicted molar refractivity (Wildman–Crippen MR) is 107 cm³/mol. The van der Waals surface area contributed by atoms with Crippen LogP contribution in [0.5, 0.6) is 0 Å². The molecule has 1 aliphatic rings. The molecule has 0 saturated carbocycles. The number of aliphatic hydroxyl groups is 1. The van der Waals surface area contributed by atoms with Crippen molar-refractivity contribution in [3.63, 3.8) is 0 Å². The molecule has 1 aliphatic heterocycles. The second-order valence-corrected chi connectivity index (χ2v) is 7.28. The standard InChI is InChI=1S/C22H25N3O3/c26-15-21-23-19-10-4-5-11-20(19)25(21)14-18-9-6-12-24(13-18)22(27)28-16-17-7-2-1-3-8-17/h1-5,7-8,10-11,18,26H,6,9,12-16H2/t18-/m1/s1. The lowest BCUT2D eigenvalue weighted by Gasteiger charge is -2.32. The molecule has 0 unspecified atom stereocenters. The molecule has 6 nitrogen and oxygen atoms in total. The van der Waals surface area contributed by atoms with Crippen LogP contribution in [0.15, 0.2) is 54.6 Å². The third-order valence-electron chi connectivity index (χ3n) is 5.30. The van der Waals surface area contributed by atoms with Gasteiger partial charge in [-0.3, -0.25) is 0 Å². The van der Waals surface area contributed by atoms with Crippen molar-refractivity contribution in [1.29, 1.82) is 0 Å². The van der Waals surface area contributed by atoms with Crippen LogP contribution in [0.25, 0.3) is 11.0 Å². The lowest BCUT2D eigenvalue weighted by atomic mass is 9.98. The molecule has 146 valence electrons. The molecule has 1 amide bonds. The van der Waals surface area contributed by atoms with Crippen LogP contribution in [0.3, 0.4) is 0 Å². The summed E-state index contributed by atoms with van der Waals surface area (Å²) in [5, 5.41) is 9.70. The number of hydrogen-bond donors (Lipinski definition) is 1. The summed E-state index contributed by atoms with van der Waals surface area (Å²) in [6.45, 7) is 2.32. The maximum absolute atomic E-state index is 12.5. The first-order valence-electron chi connectivity index (χ1n) is 9.75. The topological polar surface area (TPSA) is 67.6 Å². The number of aliphatic hydroxyl groups excluding tert-OH is 1. The van der Waals surface area contributed by atoms with Crippen molar-refractivity contribution in [2.45, 2.75) is 32.6 Å². The second-order valence-electron chi connectivity index (χ2n) is 7.28. The van der Waals surface area contributed by atoms with E-state index in [-0.39, 0.29) is 12.7 Å². The Kier molecular flexibility index (Phi) is 5.58. The van der Waals surface area contributed by atoms with Gasteiger partial charge in [0.1, 0.15) is 19.0 Å². The van der Waals surface area contributed by atoms with Crippen molar-refractivity contribution in [2.75, 3.05) is 13.1 Å². The number of hydrogen-bond acceptors (Lipinski definition) is 4. The van der Waals surface area contributed by atoms with Gasteiger partial charge in [0.15, 0.2) is 0 Å². The van der Waals surface area contributed by atoms with Gasteiger partial charge in [-0.25, -0.2) is 9.78 Å². The highest BCUT2D eigenvalue weighted by atomic mass is 16.6. The van der Waals surface area contributed by atoms with E-state index in [1.165, 1.54) is 0 Å². The van der Waals surface area contributed by atoms with Gasteiger partial charge >= 0.3 is 6.09 Å². The van der Waals surface area contributed by atoms with Gasteiger partial charge in [-0.05, 0) is 36.5 Å². The van der Waals surface area contributed by atoms with Crippen molar-refractivity contribution in [3.05, 3.63) is 66.0 Å². The molecule has 6 heteroatoms. The highest BCUT2D eigenvalue weighted by molar-refractivity contribution is 5.75. The van der Waals surface area contributed by atoms with Crippen molar-refractivity contribution >= 4 is 17.1 Å². The minimum Gasteiger partial charge on any atom is -0.445 e. The van der Waals surface area contributed by atoms with Crippen LogP contribution in [0, 0.1) is 5.92 Å². The molecule has 1 atom stereocenters. The molecule has 1 fully saturated rings. The number of amides is 1. The molecule has 4 rings (SSSR count). The lowest BCUT2D eigenvalue weighted by Crippen LogP contribution is -2.41. The van der Waals surface area contributed by atoms with E-state index >= 15 is 0 Å². The van der Waals surface area contributed by atoms with E-state index in [2.05, 4.69) is 9.55 Å². The fraction of sp³-hybridized carbons (Fsp3) is 0.364. The fourth-order valence-electron chi connectivity index (χ4n) is 3.90. The minimum atomic E-state index is -0.258. The van der Waals surface area contributed by atoms with E-state index in [1.54, 1.807) is 4.90 Å². The van der Waals surface area contributed by atoms with Gasteiger partial charge in [-0.15, -0.1) is 0 Å². The molecule has 1 aromatic heterocycles. The third-order valence-corrected chi connectivity index (χ3v) is 5.30. The van der Waals surface area contributed by atoms with E-state index in [9.17, 15) is 9.90 Å². The number of nitrogens with zero attached hydrogens (tertiary/aromatic N) is 3. The van der Waals surface area contributed by atoms with Crippen molar-refractivity contribution < 1.29 is 14.6 Å². The molecule has 0 spiro atoms. The van der Waals surface area contributed by atoms with E-state index < -0.39 is 0 Å². The van der Waals surface area contributed by atoms with Gasteiger partial charge in [0.2, 0.25) is 0 Å². The van der Waals surface area contributed by atoms with Gasteiger partial charge in [0.05, 0.1) is 11.0 Å². The Balaban J connectivity index is 1.41. The molecule has 3 aromatic rings. The van der Waals surface area contributed by atoms with Crippen LogP contribution in [-0.2, 0) is 24.5 Å². The van der Waals surface area contributed by atoms with Gasteiger partial charge in [-0.2, -0.15) is 0 Å². The van der Waals surface area contributed by atoms with E-state index in [4.69, 9.17) is 4.74 Å². The number of rotatable bonds is 5. The Bertz CT molecular complexity index is 939. The Morgan fingerprint density at radius 3 is 2.75 bits per heavy atom. The number of imidazole rings is 1. The zero-order valence-corrected chi connectivity index (χ0v) is 15.8. The maximum Gasteiger partial charge on any atom is 0.410 e. The van der Waals surface area contributed by atoms with E-state index in [0.29, 0.717) is 24.9 Å². The van der Waals surface area contributed by atoms with Gasteiger partial charge in [0, 0.05) is 19.6 Å². The van der Waals surface area contributed by atoms with Crippen molar-refractivity contribution in [2.24, 2.45) is 5.92 Å². The normalized spacial score (nSPS) is 17.0. The molecule has 0 radical (unpaired) electrons. The molecule has 0 bridgehead atoms. The average Bonchev–Trinajstić information content (AvgIpc) is 3.10. The summed E-state index contributed by atoms with van der Waals surface area (Å²) in [7, 11) is 0. The zero-order valence-electron chi connectivity index (χ0n) is 15.8. The molecule has 2 aromatic carbocycles. The van der Waals surface area contributed by atoms with E-state index in [0.717, 1.165) is 42.5 Å². The van der Waals surface area contributed by atoms with Crippen LogP contribution in [0.4, 0.5) is 4.79 Å². The third kappa shape index (κ3) is 4.02. The minimum absolute atomic E-state index is 0.0930. The first kappa shape index (κ1) is 18.5. The monoisotopic (exact) mass is 379 g/mol. The summed E-state index contributed by atoms with van der Waals surface area (Å²) in [6.07, 6.45) is 1.73. The van der Waals surface area contributed by atoms with Gasteiger partial charge in [0.25, 0.3) is 0 Å². The average molecular weight is 379 g/mol. The zero-order chi connectivity index (χ0) is 19.3. The van der Waals surface area contributed by atoms with Crippen LogP contribution in [-0.4, -0.2) is 38.7 Å². The van der Waals surface area contributed by atoms with Crippen molar-refractivity contribution in [3.8, 4) is 0 Å². The lowest BCUT2D eigenvalue weighted by molar-refractivity contribution is 0.0767. The first-order valence-corrected chi connectivity index (χ1v) is 9.75. The number of carbonyl (C=O) groups is 1. The molecule has 1 N–H and O–H groups in total. The Hall–Kier alpha value is -2.86. The fourth-order valence-corrected chi connectivity index (χ4v) is 3.90. The summed E-state index contributed by atoms with van der Waals surface area (Å²) in [4.78, 5) is 18.8. The van der Waals surface area contributed by atoms with Crippen LogP contribution >= 0.6 is 0 Å². The second kappa shape index (κ2) is 8.44. The first-order chi connectivity index (χ1) is 13.7. The SMILES string of the molecule is O=C(OCc1ccccc1)N1CCC[C@@H](Cn2c(CO)nc3ccccc32)C1. The number of fused-ring (bicyclic) bond motifs is 1. The van der Waals surface area contributed by atoms with Crippen LogP contribution < -0.4 is 0 Å². The smallest absolute Gasteiger partial charge is 0.410 e. The van der Waals surface area contributed by atoms with E-state index in [1.807, 2.05) is 54.6 Å². The molecule has 28 heavy (non-hydrogen) atoms. The summed E-state index contributed by atoms with van der Waals surface area (Å²) in [5.41, 5.74) is 2.90. The van der Waals surface area contributed by atoms with Gasteiger partial charge < -0.3 is 19.3 Å². The number of piperidine rings is 1. The Labute approximate surface area is 164 Å². The molecule has 1 saturated heterocycles. The number of benzene rings is 2. The number of ether oxygens (including phenoxy) is 1. The highest BCUT2D eigenvalue weighted by Crippen LogP contribution is 2.23. The quantitative estimate of drug-likeness (QED) is 0.736. The van der Waals surface area contributed by atoms with Crippen molar-refractivity contribution in [1.82, 2.24) is 14.5 Å². The van der Waals surface area contributed by atoms with Crippen LogP contribution in [0.2, 0.25) is 0 Å². The summed E-state index contributed by atoms with van der Waals surface area (Å²) < 4.78 is 7.58. The van der Waals surface area contributed by atoms with Gasteiger partial charge in [-0.1, -0.05) is 42.5 Å². The number of likely N-dealkylation sites (tertiary alicyclic amines) is 1. The largest absolute Gasteiger partial charge is 0.445 e. The molecule has 2 heterocycles. The number of aromatic nitrogens is 2. The highest BCUT2D eigenvalue weighted by Gasteiger charge is 2.26. The number of para-hydroxylation sites is 2. The molecular weight excluding hydrogens is 354 g/mol. The Morgan fingerprint density at radius 2 is 1.93 bits per heavy atom. The Morgan fingerprint density at radius 1 is 1.14 bits per heavy atom. The molecular formula is C22H25N3O3. The summed E-state index contributed by atoms with van der Waals surface area (Å²) in [5.74, 6) is 0.978. The van der Waals surface area contributed by atoms with Crippen LogP contribution in [0.1, 0.15) is 24.2 Å². The maximum atomic E-state index is 12.5. The summed E-state index contributed by atoms with van der Waals surface area (Å²) >= 11 is 0. The predicted octanol–water partition coefficient (Wildman–Crippen LogP) is 3.58. The number of carbonyl (C=O) groups excluding carboxylic acids is 1. The summed E-state index contributed by atoms with van der Waals surface area (Å²) in [6, 6.07) is 17.6.